The van der Waals surface area contributed by atoms with Gasteiger partial charge in [0.15, 0.2) is 0 Å². The molecule has 64 valence electrons. The molecule has 0 aromatic heterocycles. The zero-order chi connectivity index (χ0) is 8.39. The molecule has 0 amide bonds. The summed E-state index contributed by atoms with van der Waals surface area (Å²) in [5.41, 5.74) is 1.03. The van der Waals surface area contributed by atoms with E-state index in [9.17, 15) is 4.39 Å². The minimum absolute atomic E-state index is 0.172. The molecule has 1 aliphatic carbocycles. The van der Waals surface area contributed by atoms with Crippen LogP contribution in [0.25, 0.3) is 0 Å². The van der Waals surface area contributed by atoms with Gasteiger partial charge in [-0.05, 0) is 43.5 Å². The van der Waals surface area contributed by atoms with Crippen molar-refractivity contribution < 1.29 is 4.39 Å². The smallest absolute Gasteiger partial charge is 0.123 e. The van der Waals surface area contributed by atoms with E-state index >= 15 is 0 Å². The van der Waals surface area contributed by atoms with Gasteiger partial charge in [-0.2, -0.15) is 0 Å². The highest BCUT2D eigenvalue weighted by atomic mass is 19.1. The van der Waals surface area contributed by atoms with Crippen molar-refractivity contribution in [3.63, 3.8) is 0 Å². The summed E-state index contributed by atoms with van der Waals surface area (Å²) in [5, 5.41) is 3.34. The lowest BCUT2D eigenvalue weighted by atomic mass is 9.93. The largest absolute Gasteiger partial charge is 0.382 e. The van der Waals surface area contributed by atoms with Crippen LogP contribution in [0.3, 0.4) is 0 Å². The zero-order valence-electron chi connectivity index (χ0n) is 6.89. The molecule has 0 bridgehead atoms. The Labute approximate surface area is 71.6 Å². The molecule has 2 heteroatoms. The van der Waals surface area contributed by atoms with E-state index in [0.29, 0.717) is 6.04 Å². The molecule has 0 heterocycles. The maximum absolute atomic E-state index is 12.5. The molecule has 0 saturated heterocycles. The summed E-state index contributed by atoms with van der Waals surface area (Å²) in [4.78, 5) is 0. The third-order valence-corrected chi connectivity index (χ3v) is 2.32. The van der Waals surface area contributed by atoms with E-state index in [1.165, 1.54) is 31.4 Å². The van der Waals surface area contributed by atoms with Gasteiger partial charge in [0, 0.05) is 11.7 Å². The fourth-order valence-corrected chi connectivity index (χ4v) is 1.33. The molecule has 0 radical (unpaired) electrons. The minimum Gasteiger partial charge on any atom is -0.382 e. The van der Waals surface area contributed by atoms with E-state index < -0.39 is 0 Å². The van der Waals surface area contributed by atoms with Crippen LogP contribution in [-0.4, -0.2) is 6.04 Å². The maximum Gasteiger partial charge on any atom is 0.123 e. The van der Waals surface area contributed by atoms with E-state index in [1.807, 2.05) is 0 Å². The van der Waals surface area contributed by atoms with Gasteiger partial charge in [0.2, 0.25) is 0 Å². The van der Waals surface area contributed by atoms with Crippen LogP contribution >= 0.6 is 0 Å². The normalized spacial score (nSPS) is 17.1. The first-order valence-corrected chi connectivity index (χ1v) is 4.37. The third kappa shape index (κ3) is 1.58. The summed E-state index contributed by atoms with van der Waals surface area (Å²) in [6.07, 6.45) is 3.81. The molecule has 1 aromatic rings. The number of nitrogens with one attached hydrogen (secondary N) is 1. The highest BCUT2D eigenvalue weighted by Crippen LogP contribution is 2.22. The van der Waals surface area contributed by atoms with Crippen LogP contribution in [0.15, 0.2) is 24.3 Å². The van der Waals surface area contributed by atoms with Crippen molar-refractivity contribution in [3.05, 3.63) is 30.1 Å². The summed E-state index contributed by atoms with van der Waals surface area (Å²) in [6.45, 7) is 0. The summed E-state index contributed by atoms with van der Waals surface area (Å²) in [5.74, 6) is -0.172. The average molecular weight is 165 g/mol. The molecule has 1 N–H and O–H groups in total. The van der Waals surface area contributed by atoms with Gasteiger partial charge in [-0.3, -0.25) is 0 Å². The lowest BCUT2D eigenvalue weighted by molar-refractivity contribution is 0.445. The van der Waals surface area contributed by atoms with Gasteiger partial charge < -0.3 is 5.32 Å². The molecule has 1 fully saturated rings. The summed E-state index contributed by atoms with van der Waals surface area (Å²) in [7, 11) is 0. The summed E-state index contributed by atoms with van der Waals surface area (Å²) < 4.78 is 12.5. The second-order valence-corrected chi connectivity index (χ2v) is 3.28. The molecule has 1 aliphatic rings. The van der Waals surface area contributed by atoms with Crippen molar-refractivity contribution in [2.45, 2.75) is 25.3 Å². The Morgan fingerprint density at radius 3 is 2.33 bits per heavy atom. The second kappa shape index (κ2) is 3.13. The first kappa shape index (κ1) is 7.59. The molecular weight excluding hydrogens is 153 g/mol. The van der Waals surface area contributed by atoms with Crippen LogP contribution in [-0.2, 0) is 0 Å². The van der Waals surface area contributed by atoms with E-state index in [-0.39, 0.29) is 5.82 Å². The van der Waals surface area contributed by atoms with Crippen LogP contribution in [0.5, 0.6) is 0 Å². The number of rotatable bonds is 2. The Kier molecular flexibility index (Phi) is 1.98. The monoisotopic (exact) mass is 165 g/mol. The van der Waals surface area contributed by atoms with Crippen LogP contribution in [0, 0.1) is 5.82 Å². The highest BCUT2D eigenvalue weighted by molar-refractivity contribution is 5.44. The quantitative estimate of drug-likeness (QED) is 0.710. The lowest BCUT2D eigenvalue weighted by Gasteiger charge is -2.27. The Bertz CT molecular complexity index is 251. The van der Waals surface area contributed by atoms with E-state index in [0.717, 1.165) is 5.69 Å². The van der Waals surface area contributed by atoms with Crippen molar-refractivity contribution in [2.75, 3.05) is 5.32 Å². The van der Waals surface area contributed by atoms with E-state index in [1.54, 1.807) is 12.1 Å². The van der Waals surface area contributed by atoms with Crippen molar-refractivity contribution >= 4 is 5.69 Å². The number of hydrogen-bond acceptors (Lipinski definition) is 1. The van der Waals surface area contributed by atoms with Crippen molar-refractivity contribution in [1.29, 1.82) is 0 Å². The molecular formula is C10H12FN. The molecule has 1 aromatic carbocycles. The van der Waals surface area contributed by atoms with Crippen LogP contribution in [0.1, 0.15) is 19.3 Å². The Balaban J connectivity index is 1.98. The van der Waals surface area contributed by atoms with Gasteiger partial charge in [-0.15, -0.1) is 0 Å². The molecule has 0 unspecified atom stereocenters. The number of benzene rings is 1. The molecule has 0 aliphatic heterocycles. The third-order valence-electron chi connectivity index (χ3n) is 2.32. The van der Waals surface area contributed by atoms with Gasteiger partial charge in [-0.1, -0.05) is 0 Å². The van der Waals surface area contributed by atoms with Crippen molar-refractivity contribution in [2.24, 2.45) is 0 Å². The Morgan fingerprint density at radius 2 is 1.83 bits per heavy atom. The minimum atomic E-state index is -0.172. The molecule has 2 rings (SSSR count). The van der Waals surface area contributed by atoms with E-state index in [2.05, 4.69) is 5.32 Å². The zero-order valence-corrected chi connectivity index (χ0v) is 6.89. The highest BCUT2D eigenvalue weighted by Gasteiger charge is 2.16. The SMILES string of the molecule is Fc1ccc(NC2CCC2)cc1. The van der Waals surface area contributed by atoms with Crippen molar-refractivity contribution in [1.82, 2.24) is 0 Å². The Morgan fingerprint density at radius 1 is 1.17 bits per heavy atom. The second-order valence-electron chi connectivity index (χ2n) is 3.28. The topological polar surface area (TPSA) is 12.0 Å². The first-order chi connectivity index (χ1) is 5.84. The predicted molar refractivity (Wildman–Crippen MR) is 47.7 cm³/mol. The van der Waals surface area contributed by atoms with Crippen LogP contribution in [0.4, 0.5) is 10.1 Å². The maximum atomic E-state index is 12.5. The van der Waals surface area contributed by atoms with Gasteiger partial charge in [-0.25, -0.2) is 4.39 Å². The molecule has 12 heavy (non-hydrogen) atoms. The average Bonchev–Trinajstić information content (AvgIpc) is 2.00. The van der Waals surface area contributed by atoms with Gasteiger partial charge >= 0.3 is 0 Å². The molecule has 0 atom stereocenters. The van der Waals surface area contributed by atoms with Gasteiger partial charge in [0.25, 0.3) is 0 Å². The van der Waals surface area contributed by atoms with E-state index in [4.69, 9.17) is 0 Å². The molecule has 1 nitrogen and oxygen atoms in total. The Hall–Kier alpha value is -1.05. The molecule has 0 spiro atoms. The fraction of sp³-hybridized carbons (Fsp3) is 0.400. The van der Waals surface area contributed by atoms with Gasteiger partial charge in [0.05, 0.1) is 0 Å². The first-order valence-electron chi connectivity index (χ1n) is 4.37. The van der Waals surface area contributed by atoms with Crippen LogP contribution < -0.4 is 5.32 Å². The van der Waals surface area contributed by atoms with Gasteiger partial charge in [0.1, 0.15) is 5.82 Å². The number of anilines is 1. The summed E-state index contributed by atoms with van der Waals surface area (Å²) >= 11 is 0. The lowest BCUT2D eigenvalue weighted by Crippen LogP contribution is -2.26. The number of hydrogen-bond donors (Lipinski definition) is 1. The van der Waals surface area contributed by atoms with Crippen molar-refractivity contribution in [3.8, 4) is 0 Å². The van der Waals surface area contributed by atoms with Crippen LogP contribution in [0.2, 0.25) is 0 Å². The summed E-state index contributed by atoms with van der Waals surface area (Å²) in [6, 6.07) is 7.17. The predicted octanol–water partition coefficient (Wildman–Crippen LogP) is 2.79. The standard InChI is InChI=1S/C10H12FN/c11-8-4-6-10(7-5-8)12-9-2-1-3-9/h4-7,9,12H,1-3H2. The fourth-order valence-electron chi connectivity index (χ4n) is 1.33. The number of halogens is 1. The molecule has 1 saturated carbocycles.